The van der Waals surface area contributed by atoms with Crippen molar-refractivity contribution < 1.29 is 14.3 Å². The summed E-state index contributed by atoms with van der Waals surface area (Å²) in [5.41, 5.74) is 1.49. The van der Waals surface area contributed by atoms with Crippen molar-refractivity contribution in [3.05, 3.63) is 23.8 Å². The molecule has 3 rings (SSSR count). The number of hydrogen-bond donors (Lipinski definition) is 0. The van der Waals surface area contributed by atoms with Crippen LogP contribution in [0.25, 0.3) is 0 Å². The quantitative estimate of drug-likeness (QED) is 0.709. The Hall–Kier alpha value is -2.22. The van der Waals surface area contributed by atoms with Gasteiger partial charge in [-0.3, -0.25) is 0 Å². The Kier molecular flexibility index (Phi) is 1.93. The van der Waals surface area contributed by atoms with Gasteiger partial charge in [-0.1, -0.05) is 5.16 Å². The smallest absolute Gasteiger partial charge is 0.231 e. The molecule has 5 nitrogen and oxygen atoms in total. The fraction of sp³-hybridized carbons (Fsp3) is 0.273. The molecule has 0 saturated carbocycles. The molecule has 0 spiro atoms. The first-order valence-electron chi connectivity index (χ1n) is 4.88. The van der Waals surface area contributed by atoms with Crippen molar-refractivity contribution in [3.63, 3.8) is 0 Å². The number of fused-ring (bicyclic) bond motifs is 1. The predicted molar refractivity (Wildman–Crippen MR) is 54.2 cm³/mol. The zero-order valence-electron chi connectivity index (χ0n) is 8.34. The number of oxime groups is 1. The van der Waals surface area contributed by atoms with Crippen molar-refractivity contribution in [3.8, 4) is 17.6 Å². The summed E-state index contributed by atoms with van der Waals surface area (Å²) in [4.78, 5) is 4.93. The number of ether oxygens (including phenoxy) is 2. The van der Waals surface area contributed by atoms with Gasteiger partial charge in [0.15, 0.2) is 11.5 Å². The molecule has 0 bridgehead atoms. The summed E-state index contributed by atoms with van der Waals surface area (Å²) in [6.45, 7) is 0.559. The van der Waals surface area contributed by atoms with Gasteiger partial charge in [-0.15, -0.1) is 0 Å². The summed E-state index contributed by atoms with van der Waals surface area (Å²) in [5, 5.41) is 12.8. The van der Waals surface area contributed by atoms with Crippen LogP contribution in [0.2, 0.25) is 0 Å². The largest absolute Gasteiger partial charge is 0.454 e. The first kappa shape index (κ1) is 9.04. The summed E-state index contributed by atoms with van der Waals surface area (Å²) in [6.07, 6.45) is 0. The molecule has 0 saturated heterocycles. The standard InChI is InChI=1S/C11H8N2O3/c12-4-8-5-16-13-11(8)7-1-2-9-10(3-7)15-6-14-9/h1-3,8H,5-6H2. The van der Waals surface area contributed by atoms with Gasteiger partial charge in [0.25, 0.3) is 0 Å². The molecule has 2 heterocycles. The number of nitrogens with zero attached hydrogens (tertiary/aromatic N) is 2. The van der Waals surface area contributed by atoms with E-state index in [0.717, 1.165) is 11.3 Å². The van der Waals surface area contributed by atoms with Gasteiger partial charge >= 0.3 is 0 Å². The summed E-state index contributed by atoms with van der Waals surface area (Å²) in [5.74, 6) is 1.10. The summed E-state index contributed by atoms with van der Waals surface area (Å²) in [7, 11) is 0. The normalized spacial score (nSPS) is 21.2. The van der Waals surface area contributed by atoms with Crippen molar-refractivity contribution in [2.45, 2.75) is 0 Å². The Labute approximate surface area is 91.8 Å². The summed E-state index contributed by atoms with van der Waals surface area (Å²) < 4.78 is 10.5. The van der Waals surface area contributed by atoms with E-state index in [2.05, 4.69) is 11.2 Å². The van der Waals surface area contributed by atoms with Gasteiger partial charge in [0.1, 0.15) is 18.2 Å². The highest BCUT2D eigenvalue weighted by Gasteiger charge is 2.26. The molecule has 2 aliphatic heterocycles. The molecule has 0 aromatic heterocycles. The fourth-order valence-electron chi connectivity index (χ4n) is 1.73. The first-order chi connectivity index (χ1) is 7.88. The zero-order valence-corrected chi connectivity index (χ0v) is 8.34. The van der Waals surface area contributed by atoms with Crippen LogP contribution >= 0.6 is 0 Å². The SMILES string of the molecule is N#CC1CON=C1c1ccc2c(c1)OCO2. The van der Waals surface area contributed by atoms with E-state index in [4.69, 9.17) is 19.6 Å². The average molecular weight is 216 g/mol. The lowest BCUT2D eigenvalue weighted by Gasteiger charge is -2.03. The van der Waals surface area contributed by atoms with E-state index in [9.17, 15) is 0 Å². The van der Waals surface area contributed by atoms with Crippen LogP contribution in [-0.2, 0) is 4.84 Å². The van der Waals surface area contributed by atoms with E-state index in [1.165, 1.54) is 0 Å². The van der Waals surface area contributed by atoms with Gasteiger partial charge in [-0.2, -0.15) is 5.26 Å². The third-order valence-corrected chi connectivity index (χ3v) is 2.56. The third kappa shape index (κ3) is 1.27. The summed E-state index contributed by atoms with van der Waals surface area (Å²) >= 11 is 0. The Morgan fingerprint density at radius 3 is 3.06 bits per heavy atom. The van der Waals surface area contributed by atoms with Crippen molar-refractivity contribution >= 4 is 5.71 Å². The molecule has 5 heteroatoms. The highest BCUT2D eigenvalue weighted by molar-refractivity contribution is 6.04. The minimum absolute atomic E-state index is 0.240. The van der Waals surface area contributed by atoms with Crippen LogP contribution in [0.5, 0.6) is 11.5 Å². The lowest BCUT2D eigenvalue weighted by molar-refractivity contribution is 0.163. The number of hydrogen-bond acceptors (Lipinski definition) is 5. The van der Waals surface area contributed by atoms with Crippen LogP contribution in [0.3, 0.4) is 0 Å². The Morgan fingerprint density at radius 1 is 1.31 bits per heavy atom. The lowest BCUT2D eigenvalue weighted by atomic mass is 9.99. The van der Waals surface area contributed by atoms with Crippen LogP contribution < -0.4 is 9.47 Å². The Balaban J connectivity index is 1.99. The monoisotopic (exact) mass is 216 g/mol. The second-order valence-electron chi connectivity index (χ2n) is 3.52. The van der Waals surface area contributed by atoms with Gasteiger partial charge in [0, 0.05) is 5.56 Å². The Morgan fingerprint density at radius 2 is 2.19 bits per heavy atom. The Bertz CT molecular complexity index is 504. The van der Waals surface area contributed by atoms with Crippen LogP contribution in [0.4, 0.5) is 0 Å². The molecule has 2 aliphatic rings. The molecule has 1 atom stereocenters. The van der Waals surface area contributed by atoms with Gasteiger partial charge in [0.05, 0.1) is 6.07 Å². The average Bonchev–Trinajstić information content (AvgIpc) is 2.96. The van der Waals surface area contributed by atoms with E-state index >= 15 is 0 Å². The minimum Gasteiger partial charge on any atom is -0.454 e. The van der Waals surface area contributed by atoms with Crippen LogP contribution in [0.1, 0.15) is 5.56 Å². The van der Waals surface area contributed by atoms with E-state index in [1.54, 1.807) is 0 Å². The van der Waals surface area contributed by atoms with Gasteiger partial charge in [0.2, 0.25) is 6.79 Å². The maximum atomic E-state index is 8.92. The van der Waals surface area contributed by atoms with Crippen molar-refractivity contribution in [2.75, 3.05) is 13.4 Å². The fourth-order valence-corrected chi connectivity index (χ4v) is 1.73. The van der Waals surface area contributed by atoms with Crippen molar-refractivity contribution in [1.82, 2.24) is 0 Å². The van der Waals surface area contributed by atoms with Gasteiger partial charge in [-0.05, 0) is 18.2 Å². The highest BCUT2D eigenvalue weighted by Crippen LogP contribution is 2.33. The van der Waals surface area contributed by atoms with Crippen molar-refractivity contribution in [1.29, 1.82) is 5.26 Å². The molecule has 0 radical (unpaired) electrons. The molecule has 1 aromatic carbocycles. The van der Waals surface area contributed by atoms with E-state index in [0.29, 0.717) is 18.1 Å². The summed E-state index contributed by atoms with van der Waals surface area (Å²) in [6, 6.07) is 7.64. The van der Waals surface area contributed by atoms with E-state index in [1.807, 2.05) is 18.2 Å². The van der Waals surface area contributed by atoms with Crippen LogP contribution in [-0.4, -0.2) is 19.1 Å². The molecular formula is C11H8N2O3. The minimum atomic E-state index is -0.305. The van der Waals surface area contributed by atoms with Crippen molar-refractivity contribution in [2.24, 2.45) is 11.1 Å². The van der Waals surface area contributed by atoms with Crippen LogP contribution in [0, 0.1) is 17.2 Å². The number of nitriles is 1. The lowest BCUT2D eigenvalue weighted by Crippen LogP contribution is -2.11. The van der Waals surface area contributed by atoms with E-state index in [-0.39, 0.29) is 12.7 Å². The maximum absolute atomic E-state index is 8.92. The van der Waals surface area contributed by atoms with Crippen LogP contribution in [0.15, 0.2) is 23.4 Å². The number of rotatable bonds is 1. The zero-order chi connectivity index (χ0) is 11.0. The van der Waals surface area contributed by atoms with Gasteiger partial charge in [-0.25, -0.2) is 0 Å². The molecule has 1 unspecified atom stereocenters. The molecule has 1 aromatic rings. The number of benzene rings is 1. The second kappa shape index (κ2) is 3.42. The third-order valence-electron chi connectivity index (χ3n) is 2.56. The molecule has 0 aliphatic carbocycles. The second-order valence-corrected chi connectivity index (χ2v) is 3.52. The molecule has 80 valence electrons. The first-order valence-corrected chi connectivity index (χ1v) is 4.88. The molecule has 16 heavy (non-hydrogen) atoms. The molecule has 0 fully saturated rings. The maximum Gasteiger partial charge on any atom is 0.231 e. The predicted octanol–water partition coefficient (Wildman–Crippen LogP) is 1.29. The van der Waals surface area contributed by atoms with E-state index < -0.39 is 0 Å². The molecule has 0 N–H and O–H groups in total. The molecular weight excluding hydrogens is 208 g/mol. The molecule has 0 amide bonds. The topological polar surface area (TPSA) is 63.8 Å². The van der Waals surface area contributed by atoms with Gasteiger partial charge < -0.3 is 14.3 Å². The highest BCUT2D eigenvalue weighted by atomic mass is 16.7.